The predicted molar refractivity (Wildman–Crippen MR) is 73.3 cm³/mol. The lowest BCUT2D eigenvalue weighted by Gasteiger charge is -2.10. The van der Waals surface area contributed by atoms with Crippen molar-refractivity contribution in [1.82, 2.24) is 4.98 Å². The maximum Gasteiger partial charge on any atom is 0.0708 e. The molecular formula is C14H17NS. The average Bonchev–Trinajstić information content (AvgIpc) is 2.27. The third kappa shape index (κ3) is 2.07. The van der Waals surface area contributed by atoms with Crippen molar-refractivity contribution >= 4 is 23.5 Å². The Morgan fingerprint density at radius 1 is 1.25 bits per heavy atom. The highest BCUT2D eigenvalue weighted by atomic mass is 32.1. The van der Waals surface area contributed by atoms with Gasteiger partial charge in [-0.15, -0.1) is 0 Å². The molecule has 0 saturated carbocycles. The number of benzene rings is 1. The van der Waals surface area contributed by atoms with Crippen LogP contribution in [0.3, 0.4) is 0 Å². The van der Waals surface area contributed by atoms with E-state index < -0.39 is 0 Å². The topological polar surface area (TPSA) is 12.9 Å². The van der Waals surface area contributed by atoms with Crippen molar-refractivity contribution in [3.63, 3.8) is 0 Å². The number of nitrogens with zero attached hydrogens (tertiary/aromatic N) is 1. The van der Waals surface area contributed by atoms with Crippen molar-refractivity contribution in [3.8, 4) is 0 Å². The van der Waals surface area contributed by atoms with Gasteiger partial charge in [-0.05, 0) is 42.2 Å². The number of fused-ring (bicyclic) bond motifs is 1. The van der Waals surface area contributed by atoms with Crippen molar-refractivity contribution in [2.45, 2.75) is 32.4 Å². The molecule has 0 bridgehead atoms. The van der Waals surface area contributed by atoms with Crippen LogP contribution in [0.4, 0.5) is 0 Å². The van der Waals surface area contributed by atoms with Crippen molar-refractivity contribution in [2.24, 2.45) is 0 Å². The molecule has 0 N–H and O–H groups in total. The maximum absolute atomic E-state index is 4.55. The summed E-state index contributed by atoms with van der Waals surface area (Å²) in [6, 6.07) is 8.66. The lowest BCUT2D eigenvalue weighted by molar-refractivity contribution is 0.868. The van der Waals surface area contributed by atoms with Crippen LogP contribution >= 0.6 is 12.6 Å². The summed E-state index contributed by atoms with van der Waals surface area (Å²) < 4.78 is 0. The van der Waals surface area contributed by atoms with Crippen molar-refractivity contribution in [3.05, 3.63) is 41.1 Å². The van der Waals surface area contributed by atoms with E-state index in [1.54, 1.807) is 0 Å². The highest BCUT2D eigenvalue weighted by molar-refractivity contribution is 7.79. The molecule has 0 radical (unpaired) electrons. The van der Waals surface area contributed by atoms with Gasteiger partial charge in [-0.1, -0.05) is 19.9 Å². The SMILES string of the molecule is Cc1cc(CS)c2cc(C(C)C)ccc2n1. The second-order valence-electron chi connectivity index (χ2n) is 4.51. The molecule has 0 aliphatic heterocycles. The third-order valence-electron chi connectivity index (χ3n) is 2.88. The van der Waals surface area contributed by atoms with Crippen LogP contribution in [-0.2, 0) is 5.75 Å². The van der Waals surface area contributed by atoms with Crippen LogP contribution in [0.5, 0.6) is 0 Å². The summed E-state index contributed by atoms with van der Waals surface area (Å²) in [6.07, 6.45) is 0. The van der Waals surface area contributed by atoms with E-state index in [4.69, 9.17) is 0 Å². The Bertz CT molecular complexity index is 517. The molecule has 2 rings (SSSR count). The van der Waals surface area contributed by atoms with Crippen LogP contribution in [-0.4, -0.2) is 4.98 Å². The number of pyridine rings is 1. The van der Waals surface area contributed by atoms with Gasteiger partial charge in [-0.25, -0.2) is 0 Å². The lowest BCUT2D eigenvalue weighted by atomic mass is 9.99. The molecule has 1 heterocycles. The Balaban J connectivity index is 2.71. The zero-order chi connectivity index (χ0) is 11.7. The Morgan fingerprint density at radius 3 is 2.62 bits per heavy atom. The van der Waals surface area contributed by atoms with Crippen molar-refractivity contribution < 1.29 is 0 Å². The Labute approximate surface area is 102 Å². The number of rotatable bonds is 2. The summed E-state index contributed by atoms with van der Waals surface area (Å²) in [5.41, 5.74) is 4.77. The zero-order valence-corrected chi connectivity index (χ0v) is 10.9. The molecule has 2 aromatic rings. The monoisotopic (exact) mass is 231 g/mol. The number of thiol groups is 1. The highest BCUT2D eigenvalue weighted by Crippen LogP contribution is 2.24. The minimum absolute atomic E-state index is 0.554. The minimum atomic E-state index is 0.554. The summed E-state index contributed by atoms with van der Waals surface area (Å²) in [7, 11) is 0. The first-order chi connectivity index (χ1) is 7.61. The Morgan fingerprint density at radius 2 is 2.00 bits per heavy atom. The molecule has 0 saturated heterocycles. The fraction of sp³-hybridized carbons (Fsp3) is 0.357. The summed E-state index contributed by atoms with van der Waals surface area (Å²) in [4.78, 5) is 4.55. The van der Waals surface area contributed by atoms with Gasteiger partial charge in [0.15, 0.2) is 0 Å². The van der Waals surface area contributed by atoms with E-state index in [1.165, 1.54) is 16.5 Å². The van der Waals surface area contributed by atoms with Crippen LogP contribution in [0.1, 0.15) is 36.6 Å². The molecule has 1 aromatic carbocycles. The van der Waals surface area contributed by atoms with Gasteiger partial charge in [0, 0.05) is 16.8 Å². The number of hydrogen-bond acceptors (Lipinski definition) is 2. The number of aryl methyl sites for hydroxylation is 1. The number of hydrogen-bond donors (Lipinski definition) is 1. The van der Waals surface area contributed by atoms with E-state index in [1.807, 2.05) is 6.92 Å². The smallest absolute Gasteiger partial charge is 0.0708 e. The second-order valence-corrected chi connectivity index (χ2v) is 4.83. The van der Waals surface area contributed by atoms with E-state index in [9.17, 15) is 0 Å². The molecule has 1 nitrogen and oxygen atoms in total. The van der Waals surface area contributed by atoms with Gasteiger partial charge in [-0.3, -0.25) is 4.98 Å². The minimum Gasteiger partial charge on any atom is -0.253 e. The van der Waals surface area contributed by atoms with Gasteiger partial charge >= 0.3 is 0 Å². The zero-order valence-electron chi connectivity index (χ0n) is 9.99. The first-order valence-electron chi connectivity index (χ1n) is 5.63. The molecule has 0 fully saturated rings. The fourth-order valence-electron chi connectivity index (χ4n) is 1.95. The van der Waals surface area contributed by atoms with Gasteiger partial charge in [-0.2, -0.15) is 12.6 Å². The molecule has 0 aliphatic carbocycles. The van der Waals surface area contributed by atoms with Crippen molar-refractivity contribution in [1.29, 1.82) is 0 Å². The van der Waals surface area contributed by atoms with Crippen LogP contribution in [0.15, 0.2) is 24.3 Å². The van der Waals surface area contributed by atoms with E-state index >= 15 is 0 Å². The average molecular weight is 231 g/mol. The Hall–Kier alpha value is -1.02. The van der Waals surface area contributed by atoms with E-state index in [0.717, 1.165) is 17.0 Å². The van der Waals surface area contributed by atoms with Crippen LogP contribution < -0.4 is 0 Å². The second kappa shape index (κ2) is 4.46. The summed E-state index contributed by atoms with van der Waals surface area (Å²) in [5, 5.41) is 1.24. The van der Waals surface area contributed by atoms with E-state index in [-0.39, 0.29) is 0 Å². The van der Waals surface area contributed by atoms with Crippen LogP contribution in [0, 0.1) is 6.92 Å². The molecule has 84 valence electrons. The maximum atomic E-state index is 4.55. The summed E-state index contributed by atoms with van der Waals surface area (Å²) in [5.74, 6) is 1.32. The van der Waals surface area contributed by atoms with Crippen molar-refractivity contribution in [2.75, 3.05) is 0 Å². The molecular weight excluding hydrogens is 214 g/mol. The first-order valence-corrected chi connectivity index (χ1v) is 6.26. The third-order valence-corrected chi connectivity index (χ3v) is 3.22. The van der Waals surface area contributed by atoms with Gasteiger partial charge in [0.05, 0.1) is 5.52 Å². The molecule has 0 atom stereocenters. The van der Waals surface area contributed by atoms with Gasteiger partial charge in [0.25, 0.3) is 0 Å². The van der Waals surface area contributed by atoms with Gasteiger partial charge in [0.2, 0.25) is 0 Å². The van der Waals surface area contributed by atoms with Gasteiger partial charge in [0.1, 0.15) is 0 Å². The molecule has 2 heteroatoms. The number of aromatic nitrogens is 1. The highest BCUT2D eigenvalue weighted by Gasteiger charge is 2.05. The first kappa shape index (κ1) is 11.5. The fourth-order valence-corrected chi connectivity index (χ4v) is 2.21. The van der Waals surface area contributed by atoms with E-state index in [0.29, 0.717) is 5.92 Å². The predicted octanol–water partition coefficient (Wildman–Crippen LogP) is 4.10. The van der Waals surface area contributed by atoms with Crippen LogP contribution in [0.25, 0.3) is 10.9 Å². The molecule has 0 aliphatic rings. The van der Waals surface area contributed by atoms with Crippen LogP contribution in [0.2, 0.25) is 0 Å². The van der Waals surface area contributed by atoms with Gasteiger partial charge < -0.3 is 0 Å². The largest absolute Gasteiger partial charge is 0.253 e. The summed E-state index contributed by atoms with van der Waals surface area (Å²) in [6.45, 7) is 6.45. The molecule has 0 spiro atoms. The quantitative estimate of drug-likeness (QED) is 0.768. The molecule has 16 heavy (non-hydrogen) atoms. The standard InChI is InChI=1S/C14H17NS/c1-9(2)11-4-5-14-13(7-11)12(8-16)6-10(3)15-14/h4-7,9,16H,8H2,1-3H3. The molecule has 0 amide bonds. The Kier molecular flexibility index (Phi) is 3.20. The van der Waals surface area contributed by atoms with E-state index in [2.05, 4.69) is 55.7 Å². The molecule has 1 aromatic heterocycles. The lowest BCUT2D eigenvalue weighted by Crippen LogP contribution is -1.93. The normalized spacial score (nSPS) is 11.3. The summed E-state index contributed by atoms with van der Waals surface area (Å²) >= 11 is 4.39. The molecule has 0 unspecified atom stereocenters.